The third-order valence-electron chi connectivity index (χ3n) is 5.09. The van der Waals surface area contributed by atoms with Crippen molar-refractivity contribution in [3.05, 3.63) is 47.4 Å². The summed E-state index contributed by atoms with van der Waals surface area (Å²) in [7, 11) is -3.99. The SMILES string of the molecule is CC(C)OC(=O)[C@H](C)CP(=O)(OC[C@H]1O[C@@H](n2ccc(N)nc2=S)C(O)[C@H]1F)Oc1ccccc1. The minimum absolute atomic E-state index is 0.00149. The molecule has 1 aromatic carbocycles. The summed E-state index contributed by atoms with van der Waals surface area (Å²) in [5.41, 5.74) is 5.60. The van der Waals surface area contributed by atoms with Gasteiger partial charge in [-0.3, -0.25) is 13.9 Å². The number of aliphatic hydroxyl groups is 1. The lowest BCUT2D eigenvalue weighted by molar-refractivity contribution is -0.151. The lowest BCUT2D eigenvalue weighted by Crippen LogP contribution is -2.31. The number of hydrogen-bond donors (Lipinski definition) is 2. The number of aromatic nitrogens is 2. The van der Waals surface area contributed by atoms with Crippen LogP contribution in [0.3, 0.4) is 0 Å². The van der Waals surface area contributed by atoms with Crippen LogP contribution in [-0.2, 0) is 23.4 Å². The van der Waals surface area contributed by atoms with Crippen LogP contribution in [0.25, 0.3) is 0 Å². The van der Waals surface area contributed by atoms with E-state index in [0.29, 0.717) is 0 Å². The van der Waals surface area contributed by atoms with Crippen LogP contribution in [0.5, 0.6) is 5.75 Å². The fraction of sp³-hybridized carbons (Fsp3) is 0.500. The van der Waals surface area contributed by atoms with E-state index in [-0.39, 0.29) is 28.6 Å². The molecule has 35 heavy (non-hydrogen) atoms. The molecule has 2 heterocycles. The minimum atomic E-state index is -3.99. The number of alkyl halides is 1. The molecule has 2 aromatic rings. The van der Waals surface area contributed by atoms with Crippen LogP contribution < -0.4 is 10.3 Å². The highest BCUT2D eigenvalue weighted by Crippen LogP contribution is 2.50. The summed E-state index contributed by atoms with van der Waals surface area (Å²) in [5, 5.41) is 10.4. The van der Waals surface area contributed by atoms with Crippen molar-refractivity contribution in [3.63, 3.8) is 0 Å². The molecule has 10 nitrogen and oxygen atoms in total. The molecule has 13 heteroatoms. The topological polar surface area (TPSA) is 135 Å². The van der Waals surface area contributed by atoms with Gasteiger partial charge in [-0.15, -0.1) is 0 Å². The maximum Gasteiger partial charge on any atom is 0.380 e. The molecule has 0 saturated carbocycles. The number of aliphatic hydroxyl groups excluding tert-OH is 1. The fourth-order valence-electron chi connectivity index (χ4n) is 3.40. The Morgan fingerprint density at radius 2 is 2.00 bits per heavy atom. The average Bonchev–Trinajstić information content (AvgIpc) is 3.06. The smallest absolute Gasteiger partial charge is 0.380 e. The Morgan fingerprint density at radius 1 is 1.31 bits per heavy atom. The number of rotatable bonds is 10. The number of hydrogen-bond acceptors (Lipinski definition) is 10. The van der Waals surface area contributed by atoms with Crippen molar-refractivity contribution in [1.29, 1.82) is 0 Å². The van der Waals surface area contributed by atoms with E-state index >= 15 is 0 Å². The second kappa shape index (κ2) is 11.6. The van der Waals surface area contributed by atoms with Crippen molar-refractivity contribution in [2.75, 3.05) is 18.5 Å². The Morgan fingerprint density at radius 3 is 2.63 bits per heavy atom. The van der Waals surface area contributed by atoms with Crippen molar-refractivity contribution >= 4 is 31.6 Å². The third kappa shape index (κ3) is 7.08. The van der Waals surface area contributed by atoms with Crippen molar-refractivity contribution in [2.45, 2.75) is 51.5 Å². The first-order valence-electron chi connectivity index (χ1n) is 11.0. The van der Waals surface area contributed by atoms with Gasteiger partial charge in [0.05, 0.1) is 24.8 Å². The summed E-state index contributed by atoms with van der Waals surface area (Å²) in [5.74, 6) is -0.974. The van der Waals surface area contributed by atoms with Crippen LogP contribution in [0, 0.1) is 10.7 Å². The predicted octanol–water partition coefficient (Wildman–Crippen LogP) is 3.67. The van der Waals surface area contributed by atoms with Gasteiger partial charge in [-0.2, -0.15) is 0 Å². The lowest BCUT2D eigenvalue weighted by atomic mass is 10.1. The second-order valence-electron chi connectivity index (χ2n) is 8.42. The zero-order chi connectivity index (χ0) is 25.8. The number of nitrogen functional groups attached to an aromatic ring is 1. The molecule has 6 atom stereocenters. The molecule has 1 aliphatic rings. The molecule has 0 aliphatic carbocycles. The van der Waals surface area contributed by atoms with E-state index in [9.17, 15) is 18.9 Å². The number of esters is 1. The first kappa shape index (κ1) is 27.2. The van der Waals surface area contributed by atoms with Gasteiger partial charge in [0.15, 0.2) is 12.4 Å². The Bertz CT molecular complexity index is 1120. The highest BCUT2D eigenvalue weighted by atomic mass is 32.1. The normalized spacial score (nSPS) is 24.6. The first-order valence-corrected chi connectivity index (χ1v) is 13.1. The summed E-state index contributed by atoms with van der Waals surface area (Å²) in [6.07, 6.45) is -5.18. The fourth-order valence-corrected chi connectivity index (χ4v) is 5.54. The number of benzene rings is 1. The Balaban J connectivity index is 1.75. The van der Waals surface area contributed by atoms with E-state index in [4.69, 9.17) is 36.5 Å². The molecule has 3 N–H and O–H groups in total. The van der Waals surface area contributed by atoms with E-state index in [1.807, 2.05) is 0 Å². The van der Waals surface area contributed by atoms with Crippen molar-refractivity contribution in [3.8, 4) is 5.75 Å². The van der Waals surface area contributed by atoms with Gasteiger partial charge < -0.3 is 24.8 Å². The van der Waals surface area contributed by atoms with Crippen molar-refractivity contribution in [1.82, 2.24) is 9.55 Å². The van der Waals surface area contributed by atoms with Crippen LogP contribution in [0.15, 0.2) is 42.6 Å². The second-order valence-corrected chi connectivity index (χ2v) is 10.8. The van der Waals surface area contributed by atoms with Gasteiger partial charge in [0, 0.05) is 6.20 Å². The molecule has 1 aromatic heterocycles. The highest BCUT2D eigenvalue weighted by Gasteiger charge is 2.46. The summed E-state index contributed by atoms with van der Waals surface area (Å²) in [6, 6.07) is 9.69. The van der Waals surface area contributed by atoms with Crippen LogP contribution in [-0.4, -0.2) is 57.9 Å². The van der Waals surface area contributed by atoms with Gasteiger partial charge in [-0.1, -0.05) is 25.1 Å². The Hall–Kier alpha value is -2.37. The number of carbonyl (C=O) groups excluding carboxylic acids is 1. The number of para-hydroxylation sites is 1. The highest BCUT2D eigenvalue weighted by molar-refractivity contribution is 7.71. The van der Waals surface area contributed by atoms with E-state index in [2.05, 4.69) is 4.98 Å². The van der Waals surface area contributed by atoms with Crippen LogP contribution >= 0.6 is 19.8 Å². The molecule has 192 valence electrons. The molecule has 0 radical (unpaired) electrons. The molecule has 0 spiro atoms. The lowest BCUT2D eigenvalue weighted by Gasteiger charge is -2.24. The monoisotopic (exact) mass is 529 g/mol. The summed E-state index contributed by atoms with van der Waals surface area (Å²) in [4.78, 5) is 16.2. The number of nitrogens with two attached hydrogens (primary N) is 1. The number of carbonyl (C=O) groups is 1. The summed E-state index contributed by atoms with van der Waals surface area (Å²) < 4.78 is 51.8. The molecule has 1 aliphatic heterocycles. The average molecular weight is 530 g/mol. The van der Waals surface area contributed by atoms with E-state index in [1.54, 1.807) is 44.2 Å². The molecule has 0 amide bonds. The summed E-state index contributed by atoms with van der Waals surface area (Å²) >= 11 is 5.12. The van der Waals surface area contributed by atoms with Crippen molar-refractivity contribution in [2.24, 2.45) is 5.92 Å². The van der Waals surface area contributed by atoms with Gasteiger partial charge in [0.1, 0.15) is 23.8 Å². The zero-order valence-corrected chi connectivity index (χ0v) is 21.2. The number of nitrogens with zero attached hydrogens (tertiary/aromatic N) is 2. The minimum Gasteiger partial charge on any atom is -0.463 e. The van der Waals surface area contributed by atoms with Gasteiger partial charge in [-0.25, -0.2) is 13.9 Å². The Kier molecular flexibility index (Phi) is 9.00. The van der Waals surface area contributed by atoms with Crippen LogP contribution in [0.1, 0.15) is 27.0 Å². The van der Waals surface area contributed by atoms with Crippen LogP contribution in [0.4, 0.5) is 10.2 Å². The maximum absolute atomic E-state index is 14.9. The van der Waals surface area contributed by atoms with Gasteiger partial charge in [0.2, 0.25) is 4.77 Å². The molecule has 3 rings (SSSR count). The van der Waals surface area contributed by atoms with E-state index < -0.39 is 50.7 Å². The molecule has 2 unspecified atom stereocenters. The number of anilines is 1. The number of halogens is 1. The molecule has 1 fully saturated rings. The number of ether oxygens (including phenoxy) is 2. The molecular weight excluding hydrogens is 500 g/mol. The van der Waals surface area contributed by atoms with E-state index in [1.165, 1.54) is 23.8 Å². The standard InChI is InChI=1S/C22H29FN3O7PS/c1-13(2)31-21(28)14(3)12-34(29,33-15-7-5-4-6-8-15)30-11-16-18(23)19(27)20(32-16)26-10-9-17(24)25-22(26)35/h4-10,13-14,16,18-20,27H,11-12H2,1-3H3,(H2,24,25,35)/t14-,16-,18+,19?,20-,34?/m1/s1. The summed E-state index contributed by atoms with van der Waals surface area (Å²) in [6.45, 7) is 4.42. The van der Waals surface area contributed by atoms with Crippen molar-refractivity contribution < 1.29 is 37.4 Å². The maximum atomic E-state index is 14.9. The predicted molar refractivity (Wildman–Crippen MR) is 128 cm³/mol. The van der Waals surface area contributed by atoms with Gasteiger partial charge in [0.25, 0.3) is 0 Å². The molecular formula is C22H29FN3O7PS. The van der Waals surface area contributed by atoms with Gasteiger partial charge >= 0.3 is 13.6 Å². The molecule has 1 saturated heterocycles. The zero-order valence-electron chi connectivity index (χ0n) is 19.5. The van der Waals surface area contributed by atoms with Crippen LogP contribution in [0.2, 0.25) is 0 Å². The largest absolute Gasteiger partial charge is 0.463 e. The van der Waals surface area contributed by atoms with Gasteiger partial charge in [-0.05, 0) is 44.3 Å². The quantitative estimate of drug-likeness (QED) is 0.267. The van der Waals surface area contributed by atoms with E-state index in [0.717, 1.165) is 0 Å². The Labute approximate surface area is 207 Å². The first-order chi connectivity index (χ1) is 16.5. The molecule has 0 bridgehead atoms. The third-order valence-corrected chi connectivity index (χ3v) is 7.42.